The normalized spacial score (nSPS) is 10.7. The molecule has 4 nitrogen and oxygen atoms in total. The Morgan fingerprint density at radius 3 is 3.07 bits per heavy atom. The Labute approximate surface area is 90.2 Å². The predicted molar refractivity (Wildman–Crippen MR) is 58.8 cm³/mol. The van der Waals surface area contributed by atoms with Gasteiger partial charge < -0.3 is 10.3 Å². The Morgan fingerprint density at radius 1 is 1.57 bits per heavy atom. The summed E-state index contributed by atoms with van der Waals surface area (Å²) in [5, 5.41) is 10.3. The number of hydrogen-bond donors (Lipinski definition) is 3. The van der Waals surface area contributed by atoms with Crippen LogP contribution < -0.4 is 5.32 Å². The van der Waals surface area contributed by atoms with Crippen LogP contribution in [0.25, 0.3) is 11.4 Å². The summed E-state index contributed by atoms with van der Waals surface area (Å²) in [6, 6.07) is 3.94. The highest BCUT2D eigenvalue weighted by Gasteiger charge is 2.11. The lowest BCUT2D eigenvalue weighted by molar-refractivity contribution is 0.781. The lowest BCUT2D eigenvalue weighted by Gasteiger charge is -1.96. The van der Waals surface area contributed by atoms with E-state index < -0.39 is 0 Å². The maximum atomic E-state index is 4.23. The Kier molecular flexibility index (Phi) is 2.69. The first-order valence-electron chi connectivity index (χ1n) is 4.34. The quantitative estimate of drug-likeness (QED) is 0.784. The minimum atomic E-state index is 0.772. The SMILES string of the molecule is CNCc1[nH]nc(-c2ccc[nH]2)c1Br. The van der Waals surface area contributed by atoms with E-state index in [1.165, 1.54) is 0 Å². The van der Waals surface area contributed by atoms with Gasteiger partial charge >= 0.3 is 0 Å². The summed E-state index contributed by atoms with van der Waals surface area (Å²) in [6.45, 7) is 0.772. The van der Waals surface area contributed by atoms with Crippen LogP contribution >= 0.6 is 15.9 Å². The number of rotatable bonds is 3. The average Bonchev–Trinajstić information content (AvgIpc) is 2.77. The van der Waals surface area contributed by atoms with Crippen molar-refractivity contribution in [3.63, 3.8) is 0 Å². The zero-order valence-electron chi connectivity index (χ0n) is 7.76. The van der Waals surface area contributed by atoms with E-state index in [0.29, 0.717) is 0 Å². The minimum Gasteiger partial charge on any atom is -0.360 e. The molecule has 2 aromatic heterocycles. The second-order valence-electron chi connectivity index (χ2n) is 2.98. The summed E-state index contributed by atoms with van der Waals surface area (Å²) >= 11 is 3.52. The van der Waals surface area contributed by atoms with E-state index in [0.717, 1.165) is 28.1 Å². The van der Waals surface area contributed by atoms with Gasteiger partial charge in [-0.05, 0) is 35.1 Å². The molecular weight excluding hydrogens is 244 g/mol. The van der Waals surface area contributed by atoms with E-state index >= 15 is 0 Å². The molecule has 0 atom stereocenters. The monoisotopic (exact) mass is 254 g/mol. The molecule has 0 radical (unpaired) electrons. The Morgan fingerprint density at radius 2 is 2.43 bits per heavy atom. The molecule has 0 aliphatic carbocycles. The van der Waals surface area contributed by atoms with E-state index in [2.05, 4.69) is 36.4 Å². The molecule has 14 heavy (non-hydrogen) atoms. The van der Waals surface area contributed by atoms with Crippen molar-refractivity contribution in [3.8, 4) is 11.4 Å². The molecule has 3 N–H and O–H groups in total. The van der Waals surface area contributed by atoms with Crippen LogP contribution in [-0.4, -0.2) is 22.2 Å². The summed E-state index contributed by atoms with van der Waals surface area (Å²) in [5.41, 5.74) is 2.98. The van der Waals surface area contributed by atoms with Crippen molar-refractivity contribution in [2.45, 2.75) is 6.54 Å². The number of nitrogens with one attached hydrogen (secondary N) is 3. The highest BCUT2D eigenvalue weighted by molar-refractivity contribution is 9.10. The van der Waals surface area contributed by atoms with Gasteiger partial charge in [0.25, 0.3) is 0 Å². The number of H-pyrrole nitrogens is 2. The van der Waals surface area contributed by atoms with E-state index in [1.807, 2.05) is 25.4 Å². The molecule has 0 bridgehead atoms. The number of aromatic amines is 2. The summed E-state index contributed by atoms with van der Waals surface area (Å²) < 4.78 is 1.01. The molecule has 0 saturated heterocycles. The molecule has 0 saturated carbocycles. The fourth-order valence-corrected chi connectivity index (χ4v) is 1.85. The third-order valence-electron chi connectivity index (χ3n) is 1.98. The molecule has 0 fully saturated rings. The Hall–Kier alpha value is -1.07. The molecule has 2 rings (SSSR count). The van der Waals surface area contributed by atoms with Crippen LogP contribution in [0.3, 0.4) is 0 Å². The van der Waals surface area contributed by atoms with Crippen molar-refractivity contribution < 1.29 is 0 Å². The van der Waals surface area contributed by atoms with Crippen molar-refractivity contribution in [2.75, 3.05) is 7.05 Å². The highest BCUT2D eigenvalue weighted by Crippen LogP contribution is 2.27. The molecular formula is C9H11BrN4. The van der Waals surface area contributed by atoms with Gasteiger partial charge in [0.1, 0.15) is 5.69 Å². The van der Waals surface area contributed by atoms with E-state index in [9.17, 15) is 0 Å². The van der Waals surface area contributed by atoms with Crippen LogP contribution in [0.2, 0.25) is 0 Å². The summed E-state index contributed by atoms with van der Waals surface area (Å²) in [7, 11) is 1.90. The van der Waals surface area contributed by atoms with Crippen LogP contribution in [-0.2, 0) is 6.54 Å². The van der Waals surface area contributed by atoms with Gasteiger partial charge in [0, 0.05) is 12.7 Å². The maximum absolute atomic E-state index is 4.23. The third-order valence-corrected chi connectivity index (χ3v) is 2.84. The van der Waals surface area contributed by atoms with Crippen molar-refractivity contribution in [3.05, 3.63) is 28.5 Å². The van der Waals surface area contributed by atoms with Crippen LogP contribution in [0.15, 0.2) is 22.8 Å². The van der Waals surface area contributed by atoms with E-state index in [4.69, 9.17) is 0 Å². The first kappa shape index (κ1) is 9.48. The topological polar surface area (TPSA) is 56.5 Å². The van der Waals surface area contributed by atoms with Gasteiger partial charge in [-0.2, -0.15) is 5.10 Å². The maximum Gasteiger partial charge on any atom is 0.123 e. The van der Waals surface area contributed by atoms with E-state index in [1.54, 1.807) is 0 Å². The summed E-state index contributed by atoms with van der Waals surface area (Å²) in [6.07, 6.45) is 1.88. The van der Waals surface area contributed by atoms with Gasteiger partial charge in [0.2, 0.25) is 0 Å². The second kappa shape index (κ2) is 3.98. The van der Waals surface area contributed by atoms with Crippen molar-refractivity contribution >= 4 is 15.9 Å². The standard InChI is InChI=1S/C9H11BrN4/c1-11-5-7-8(10)9(14-13-7)6-3-2-4-12-6/h2-4,11-12H,5H2,1H3,(H,13,14). The van der Waals surface area contributed by atoms with E-state index in [-0.39, 0.29) is 0 Å². The molecule has 0 unspecified atom stereocenters. The van der Waals surface area contributed by atoms with Gasteiger partial charge in [0.05, 0.1) is 15.9 Å². The molecule has 0 aliphatic heterocycles. The number of hydrogen-bond acceptors (Lipinski definition) is 2. The van der Waals surface area contributed by atoms with Gasteiger partial charge in [-0.3, -0.25) is 5.10 Å². The first-order chi connectivity index (χ1) is 6.83. The molecule has 2 heterocycles. The molecule has 74 valence electrons. The fraction of sp³-hybridized carbons (Fsp3) is 0.222. The van der Waals surface area contributed by atoms with Gasteiger partial charge in [-0.25, -0.2) is 0 Å². The zero-order valence-corrected chi connectivity index (χ0v) is 9.35. The zero-order chi connectivity index (χ0) is 9.97. The molecule has 5 heteroatoms. The lowest BCUT2D eigenvalue weighted by Crippen LogP contribution is -2.05. The molecule has 0 aromatic carbocycles. The van der Waals surface area contributed by atoms with Gasteiger partial charge in [-0.15, -0.1) is 0 Å². The second-order valence-corrected chi connectivity index (χ2v) is 3.77. The highest BCUT2D eigenvalue weighted by atomic mass is 79.9. The summed E-state index contributed by atoms with van der Waals surface area (Å²) in [4.78, 5) is 3.12. The Balaban J connectivity index is 2.36. The van der Waals surface area contributed by atoms with Crippen LogP contribution in [0, 0.1) is 0 Å². The van der Waals surface area contributed by atoms with Crippen LogP contribution in [0.5, 0.6) is 0 Å². The first-order valence-corrected chi connectivity index (χ1v) is 5.13. The molecule has 0 aliphatic rings. The predicted octanol–water partition coefficient (Wildman–Crippen LogP) is 1.89. The molecule has 2 aromatic rings. The smallest absolute Gasteiger partial charge is 0.123 e. The number of aromatic nitrogens is 3. The Bertz CT molecular complexity index is 404. The molecule has 0 amide bonds. The number of nitrogens with zero attached hydrogens (tertiary/aromatic N) is 1. The third kappa shape index (κ3) is 1.60. The molecule has 0 spiro atoms. The average molecular weight is 255 g/mol. The van der Waals surface area contributed by atoms with Gasteiger partial charge in [0.15, 0.2) is 0 Å². The fourth-order valence-electron chi connectivity index (χ4n) is 1.31. The van der Waals surface area contributed by atoms with Crippen molar-refractivity contribution in [1.82, 2.24) is 20.5 Å². The number of halogens is 1. The van der Waals surface area contributed by atoms with Gasteiger partial charge in [-0.1, -0.05) is 0 Å². The largest absolute Gasteiger partial charge is 0.360 e. The van der Waals surface area contributed by atoms with Crippen LogP contribution in [0.4, 0.5) is 0 Å². The van der Waals surface area contributed by atoms with Crippen molar-refractivity contribution in [2.24, 2.45) is 0 Å². The van der Waals surface area contributed by atoms with Crippen molar-refractivity contribution in [1.29, 1.82) is 0 Å². The lowest BCUT2D eigenvalue weighted by atomic mass is 10.3. The van der Waals surface area contributed by atoms with Crippen LogP contribution in [0.1, 0.15) is 5.69 Å². The minimum absolute atomic E-state index is 0.772. The summed E-state index contributed by atoms with van der Waals surface area (Å²) in [5.74, 6) is 0.